The molecule has 0 radical (unpaired) electrons. The molecule has 1 saturated heterocycles. The summed E-state index contributed by atoms with van der Waals surface area (Å²) in [6.07, 6.45) is -0.872. The molecule has 3 aliphatic rings. The predicted molar refractivity (Wildman–Crippen MR) is 104 cm³/mol. The van der Waals surface area contributed by atoms with Gasteiger partial charge in [-0.15, -0.1) is 6.58 Å². The lowest BCUT2D eigenvalue weighted by atomic mass is 9.41. The number of nitrogens with one attached hydrogen (secondary N) is 1. The third kappa shape index (κ3) is 2.86. The smallest absolute Gasteiger partial charge is 0.431 e. The summed E-state index contributed by atoms with van der Waals surface area (Å²) in [4.78, 5) is 25.3. The van der Waals surface area contributed by atoms with Gasteiger partial charge in [0.25, 0.3) is 5.79 Å². The third-order valence-electron chi connectivity index (χ3n) is 8.19. The number of carbonyl (C=O) groups excluding carboxylic acids is 2. The van der Waals surface area contributed by atoms with Crippen molar-refractivity contribution in [3.63, 3.8) is 0 Å². The molecule has 1 heterocycles. The Hall–Kier alpha value is -1.52. The van der Waals surface area contributed by atoms with Crippen molar-refractivity contribution >= 4 is 11.9 Å². The van der Waals surface area contributed by atoms with Crippen LogP contribution in [0.5, 0.6) is 0 Å². The van der Waals surface area contributed by atoms with E-state index in [0.717, 1.165) is 0 Å². The van der Waals surface area contributed by atoms with Crippen LogP contribution in [0.4, 0.5) is 4.79 Å². The van der Waals surface area contributed by atoms with E-state index in [4.69, 9.17) is 14.7 Å². The summed E-state index contributed by atoms with van der Waals surface area (Å²) < 4.78 is 11.9. The van der Waals surface area contributed by atoms with Crippen molar-refractivity contribution in [2.24, 2.45) is 22.7 Å². The van der Waals surface area contributed by atoms with E-state index in [0.29, 0.717) is 12.8 Å². The Kier molecular flexibility index (Phi) is 5.20. The number of fused-ring (bicyclic) bond motifs is 3. The predicted octanol–water partition coefficient (Wildman–Crippen LogP) is 1.28. The molecule has 1 unspecified atom stereocenters. The Morgan fingerprint density at radius 1 is 1.23 bits per heavy atom. The van der Waals surface area contributed by atoms with Crippen molar-refractivity contribution in [3.05, 3.63) is 12.7 Å². The first-order valence-electron chi connectivity index (χ1n) is 10.2. The van der Waals surface area contributed by atoms with E-state index < -0.39 is 63.7 Å². The summed E-state index contributed by atoms with van der Waals surface area (Å²) >= 11 is 0. The topological polar surface area (TPSA) is 146 Å². The molecule has 5 N–H and O–H groups in total. The Morgan fingerprint density at radius 3 is 2.37 bits per heavy atom. The average molecular weight is 427 g/mol. The van der Waals surface area contributed by atoms with Crippen molar-refractivity contribution in [1.82, 2.24) is 5.48 Å². The fourth-order valence-corrected chi connectivity index (χ4v) is 6.55. The Labute approximate surface area is 176 Å². The summed E-state index contributed by atoms with van der Waals surface area (Å²) in [5.41, 5.74) is -2.82. The maximum atomic E-state index is 13.4. The number of amides is 1. The van der Waals surface area contributed by atoms with Crippen LogP contribution in [0, 0.1) is 22.7 Å². The molecule has 9 nitrogen and oxygen atoms in total. The van der Waals surface area contributed by atoms with Crippen LogP contribution in [0.15, 0.2) is 12.7 Å². The van der Waals surface area contributed by atoms with Crippen molar-refractivity contribution in [2.45, 2.75) is 83.1 Å². The van der Waals surface area contributed by atoms with E-state index in [1.165, 1.54) is 5.48 Å². The molecule has 3 rings (SSSR count). The standard InChI is InChI=1S/C21H33NO8/c1-7-18(4)9-8-11-19(5)12(17(2,3)14(23)21(26,27)15(19)24)10-13(20(11,6)30-18)29-16(25)22-28/h7,11-14,23,26-28H,1,8-10H2,2-6H3,(H,22,25)/t11-,12+,13+,14?,18+,19-,20+/m1/s1. The van der Waals surface area contributed by atoms with Gasteiger partial charge in [0.1, 0.15) is 17.8 Å². The van der Waals surface area contributed by atoms with Gasteiger partial charge in [-0.3, -0.25) is 10.0 Å². The first-order valence-corrected chi connectivity index (χ1v) is 10.2. The van der Waals surface area contributed by atoms with Gasteiger partial charge < -0.3 is 24.8 Å². The van der Waals surface area contributed by atoms with Gasteiger partial charge in [0, 0.05) is 16.7 Å². The van der Waals surface area contributed by atoms with Gasteiger partial charge in [0.2, 0.25) is 5.78 Å². The van der Waals surface area contributed by atoms with Gasteiger partial charge in [-0.2, -0.15) is 0 Å². The van der Waals surface area contributed by atoms with Crippen LogP contribution in [0.2, 0.25) is 0 Å². The van der Waals surface area contributed by atoms with Crippen molar-refractivity contribution in [2.75, 3.05) is 0 Å². The maximum Gasteiger partial charge on any atom is 0.431 e. The summed E-state index contributed by atoms with van der Waals surface area (Å²) in [7, 11) is 0. The minimum Gasteiger partial charge on any atom is -0.442 e. The molecule has 0 aromatic heterocycles. The molecule has 0 spiro atoms. The zero-order valence-electron chi connectivity index (χ0n) is 18.1. The second kappa shape index (κ2) is 6.74. The molecule has 0 aromatic rings. The average Bonchev–Trinajstić information content (AvgIpc) is 2.67. The maximum absolute atomic E-state index is 13.4. The largest absolute Gasteiger partial charge is 0.442 e. The fraction of sp³-hybridized carbons (Fsp3) is 0.810. The highest BCUT2D eigenvalue weighted by Gasteiger charge is 2.75. The van der Waals surface area contributed by atoms with E-state index in [1.807, 2.05) is 6.92 Å². The molecule has 2 saturated carbocycles. The first kappa shape index (κ1) is 23.1. The van der Waals surface area contributed by atoms with Crippen LogP contribution in [-0.4, -0.2) is 61.6 Å². The van der Waals surface area contributed by atoms with Crippen molar-refractivity contribution in [3.8, 4) is 0 Å². The molecular formula is C21H33NO8. The molecule has 0 bridgehead atoms. The van der Waals surface area contributed by atoms with Crippen LogP contribution < -0.4 is 5.48 Å². The van der Waals surface area contributed by atoms with Crippen molar-refractivity contribution < 1.29 is 39.6 Å². The summed E-state index contributed by atoms with van der Waals surface area (Å²) in [6, 6.07) is 0. The van der Waals surface area contributed by atoms with Gasteiger partial charge in [-0.1, -0.05) is 26.8 Å². The molecule has 3 fully saturated rings. The highest BCUT2D eigenvalue weighted by molar-refractivity contribution is 5.93. The lowest BCUT2D eigenvalue weighted by molar-refractivity contribution is -0.323. The number of ketones is 1. The highest BCUT2D eigenvalue weighted by Crippen LogP contribution is 2.66. The number of hydroxylamine groups is 1. The Morgan fingerprint density at radius 2 is 1.83 bits per heavy atom. The van der Waals surface area contributed by atoms with Crippen molar-refractivity contribution in [1.29, 1.82) is 0 Å². The van der Waals surface area contributed by atoms with E-state index in [2.05, 4.69) is 6.58 Å². The highest BCUT2D eigenvalue weighted by atomic mass is 16.6. The van der Waals surface area contributed by atoms with Gasteiger partial charge in [0.15, 0.2) is 0 Å². The van der Waals surface area contributed by atoms with E-state index in [1.54, 1.807) is 33.8 Å². The number of ether oxygens (including phenoxy) is 2. The summed E-state index contributed by atoms with van der Waals surface area (Å²) in [5.74, 6) is -4.87. The second-order valence-electron chi connectivity index (χ2n) is 10.2. The molecule has 1 aliphatic heterocycles. The van der Waals surface area contributed by atoms with Crippen LogP contribution >= 0.6 is 0 Å². The first-order chi connectivity index (χ1) is 13.6. The summed E-state index contributed by atoms with van der Waals surface area (Å²) in [5, 5.41) is 40.8. The number of aliphatic hydroxyl groups is 3. The van der Waals surface area contributed by atoms with E-state index in [9.17, 15) is 24.9 Å². The monoisotopic (exact) mass is 427 g/mol. The molecule has 0 aromatic carbocycles. The quantitative estimate of drug-likeness (QED) is 0.192. The normalized spacial score (nSPS) is 46.9. The molecule has 2 aliphatic carbocycles. The number of carbonyl (C=O) groups is 2. The molecule has 170 valence electrons. The van der Waals surface area contributed by atoms with Gasteiger partial charge >= 0.3 is 6.09 Å². The second-order valence-corrected chi connectivity index (χ2v) is 10.2. The van der Waals surface area contributed by atoms with Crippen LogP contribution in [0.1, 0.15) is 53.9 Å². The minimum absolute atomic E-state index is 0.121. The third-order valence-corrected chi connectivity index (χ3v) is 8.19. The molecule has 9 heteroatoms. The lowest BCUT2D eigenvalue weighted by Crippen LogP contribution is -2.77. The Bertz CT molecular complexity index is 766. The van der Waals surface area contributed by atoms with E-state index in [-0.39, 0.29) is 6.42 Å². The number of rotatable bonds is 2. The molecule has 7 atom stereocenters. The number of hydrogen-bond donors (Lipinski definition) is 5. The number of hydrogen-bond acceptors (Lipinski definition) is 8. The number of aliphatic hydroxyl groups excluding tert-OH is 1. The van der Waals surface area contributed by atoms with Crippen LogP contribution in [-0.2, 0) is 14.3 Å². The van der Waals surface area contributed by atoms with Crippen LogP contribution in [0.25, 0.3) is 0 Å². The SMILES string of the molecule is C=C[C@@]1(C)CC[C@H]2[C@](C)(O1)[C@@H](OC(=O)NO)C[C@H]1C(C)(C)C(O)C(O)(O)C(=O)[C@@]12C. The molecule has 30 heavy (non-hydrogen) atoms. The van der Waals surface area contributed by atoms with E-state index >= 15 is 0 Å². The van der Waals surface area contributed by atoms with Crippen LogP contribution in [0.3, 0.4) is 0 Å². The van der Waals surface area contributed by atoms with Gasteiger partial charge in [-0.05, 0) is 39.0 Å². The van der Waals surface area contributed by atoms with Gasteiger partial charge in [0.05, 0.1) is 5.60 Å². The zero-order valence-corrected chi connectivity index (χ0v) is 18.1. The molecule has 1 amide bonds. The Balaban J connectivity index is 2.19. The summed E-state index contributed by atoms with van der Waals surface area (Å²) in [6.45, 7) is 12.4. The minimum atomic E-state index is -2.91. The van der Waals surface area contributed by atoms with Gasteiger partial charge in [-0.25, -0.2) is 10.3 Å². The lowest BCUT2D eigenvalue weighted by Gasteiger charge is -2.67. The number of Topliss-reactive ketones (excluding diaryl/α,β-unsaturated/α-hetero) is 1. The zero-order chi connectivity index (χ0) is 22.9. The molecular weight excluding hydrogens is 394 g/mol. The fourth-order valence-electron chi connectivity index (χ4n) is 6.55.